The third-order valence-corrected chi connectivity index (χ3v) is 3.39. The van der Waals surface area contributed by atoms with Crippen molar-refractivity contribution in [2.24, 2.45) is 0 Å². The largest absolute Gasteiger partial charge is 0.490 e. The Morgan fingerprint density at radius 3 is 2.57 bits per heavy atom. The monoisotopic (exact) mass is 330 g/mol. The van der Waals surface area contributed by atoms with Crippen molar-refractivity contribution in [2.75, 3.05) is 20.3 Å². The van der Waals surface area contributed by atoms with Crippen LogP contribution in [0.3, 0.4) is 0 Å². The van der Waals surface area contributed by atoms with Crippen LogP contribution in [0.25, 0.3) is 17.1 Å². The first-order chi connectivity index (χ1) is 11.3. The number of rotatable bonds is 6. The van der Waals surface area contributed by atoms with Gasteiger partial charge in [-0.15, -0.1) is 5.10 Å². The zero-order valence-electron chi connectivity index (χ0n) is 12.5. The van der Waals surface area contributed by atoms with E-state index in [4.69, 9.17) is 21.1 Å². The lowest BCUT2D eigenvalue weighted by Crippen LogP contribution is -2.04. The Bertz CT molecular complexity index is 757. The second-order valence-corrected chi connectivity index (χ2v) is 5.18. The van der Waals surface area contributed by atoms with E-state index in [0.29, 0.717) is 29.7 Å². The van der Waals surface area contributed by atoms with Gasteiger partial charge in [-0.1, -0.05) is 16.8 Å². The molecule has 118 valence electrons. The number of benzene rings is 1. The molecule has 0 unspecified atom stereocenters. The smallest absolute Gasteiger partial charge is 0.137 e. The van der Waals surface area contributed by atoms with Crippen LogP contribution in [0.4, 0.5) is 0 Å². The van der Waals surface area contributed by atoms with Crippen molar-refractivity contribution < 1.29 is 9.47 Å². The molecule has 0 atom stereocenters. The third-order valence-electron chi connectivity index (χ3n) is 3.14. The van der Waals surface area contributed by atoms with Crippen LogP contribution < -0.4 is 4.74 Å². The predicted molar refractivity (Wildman–Crippen MR) is 87.0 cm³/mol. The summed E-state index contributed by atoms with van der Waals surface area (Å²) in [7, 11) is 1.63. The molecule has 6 nitrogen and oxygen atoms in total. The molecule has 0 aliphatic carbocycles. The molecule has 2 heterocycles. The topological polar surface area (TPSA) is 62.1 Å². The predicted octanol–water partition coefficient (Wildman–Crippen LogP) is 3.01. The van der Waals surface area contributed by atoms with E-state index >= 15 is 0 Å². The van der Waals surface area contributed by atoms with Gasteiger partial charge in [0.25, 0.3) is 0 Å². The standard InChI is InChI=1S/C16H15ClN4O2/c1-22-8-9-23-14-6-7-15(18-10-14)16-11-21(20-19-16)13-4-2-12(17)3-5-13/h2-7,10-11H,8-9H2,1H3. The molecule has 23 heavy (non-hydrogen) atoms. The van der Waals surface area contributed by atoms with Crippen LogP contribution in [0.2, 0.25) is 5.02 Å². The van der Waals surface area contributed by atoms with Crippen LogP contribution in [0.5, 0.6) is 5.75 Å². The van der Waals surface area contributed by atoms with Gasteiger partial charge in [-0.25, -0.2) is 4.68 Å². The fourth-order valence-electron chi connectivity index (χ4n) is 1.96. The normalized spacial score (nSPS) is 10.7. The van der Waals surface area contributed by atoms with Gasteiger partial charge >= 0.3 is 0 Å². The van der Waals surface area contributed by atoms with E-state index in [-0.39, 0.29) is 0 Å². The lowest BCUT2D eigenvalue weighted by molar-refractivity contribution is 0.146. The highest BCUT2D eigenvalue weighted by molar-refractivity contribution is 6.30. The minimum atomic E-state index is 0.490. The van der Waals surface area contributed by atoms with Crippen LogP contribution >= 0.6 is 11.6 Å². The Balaban J connectivity index is 1.73. The van der Waals surface area contributed by atoms with Crippen molar-refractivity contribution in [3.05, 3.63) is 53.8 Å². The van der Waals surface area contributed by atoms with Gasteiger partial charge in [-0.3, -0.25) is 4.98 Å². The molecule has 0 bridgehead atoms. The van der Waals surface area contributed by atoms with Gasteiger partial charge in [-0.2, -0.15) is 0 Å². The summed E-state index contributed by atoms with van der Waals surface area (Å²) in [5.41, 5.74) is 2.29. The van der Waals surface area contributed by atoms with Crippen LogP contribution in [0, 0.1) is 0 Å². The first-order valence-electron chi connectivity index (χ1n) is 7.03. The highest BCUT2D eigenvalue weighted by atomic mass is 35.5. The fraction of sp³-hybridized carbons (Fsp3) is 0.188. The highest BCUT2D eigenvalue weighted by Gasteiger charge is 2.07. The first-order valence-corrected chi connectivity index (χ1v) is 7.40. The summed E-state index contributed by atoms with van der Waals surface area (Å²) in [4.78, 5) is 4.35. The minimum Gasteiger partial charge on any atom is -0.490 e. The maximum absolute atomic E-state index is 5.89. The Morgan fingerprint density at radius 1 is 1.04 bits per heavy atom. The maximum Gasteiger partial charge on any atom is 0.137 e. The van der Waals surface area contributed by atoms with Crippen LogP contribution in [-0.4, -0.2) is 40.3 Å². The molecular weight excluding hydrogens is 316 g/mol. The summed E-state index contributed by atoms with van der Waals surface area (Å²) >= 11 is 5.89. The molecule has 0 saturated carbocycles. The van der Waals surface area contributed by atoms with Crippen LogP contribution in [-0.2, 0) is 4.74 Å². The second kappa shape index (κ2) is 7.21. The van der Waals surface area contributed by atoms with Gasteiger partial charge in [0, 0.05) is 12.1 Å². The molecule has 7 heteroatoms. The zero-order chi connectivity index (χ0) is 16.1. The van der Waals surface area contributed by atoms with E-state index in [2.05, 4.69) is 15.3 Å². The maximum atomic E-state index is 5.89. The zero-order valence-corrected chi connectivity index (χ0v) is 13.3. The number of hydrogen-bond acceptors (Lipinski definition) is 5. The highest BCUT2D eigenvalue weighted by Crippen LogP contribution is 2.19. The van der Waals surface area contributed by atoms with Gasteiger partial charge in [0.1, 0.15) is 18.1 Å². The number of aromatic nitrogens is 4. The van der Waals surface area contributed by atoms with E-state index in [9.17, 15) is 0 Å². The van der Waals surface area contributed by atoms with Crippen molar-refractivity contribution >= 4 is 11.6 Å². The molecule has 0 N–H and O–H groups in total. The van der Waals surface area contributed by atoms with Gasteiger partial charge in [0.05, 0.1) is 30.4 Å². The minimum absolute atomic E-state index is 0.490. The molecule has 3 aromatic rings. The average Bonchev–Trinajstić information content (AvgIpc) is 3.06. The summed E-state index contributed by atoms with van der Waals surface area (Å²) in [6, 6.07) is 11.1. The van der Waals surface area contributed by atoms with Crippen LogP contribution in [0.1, 0.15) is 0 Å². The van der Waals surface area contributed by atoms with E-state index in [1.807, 2.05) is 42.6 Å². The quantitative estimate of drug-likeness (QED) is 0.650. The van der Waals surface area contributed by atoms with Gasteiger partial charge in [0.2, 0.25) is 0 Å². The molecule has 0 fully saturated rings. The Labute approximate surface area is 138 Å². The molecular formula is C16H15ClN4O2. The van der Waals surface area contributed by atoms with E-state index in [1.54, 1.807) is 18.0 Å². The number of nitrogens with zero attached hydrogens (tertiary/aromatic N) is 4. The number of halogens is 1. The van der Waals surface area contributed by atoms with Crippen molar-refractivity contribution in [3.8, 4) is 22.8 Å². The summed E-state index contributed by atoms with van der Waals surface area (Å²) in [5, 5.41) is 8.94. The van der Waals surface area contributed by atoms with E-state index in [0.717, 1.165) is 11.4 Å². The molecule has 0 aliphatic rings. The molecule has 1 aromatic carbocycles. The Hall–Kier alpha value is -2.44. The number of hydrogen-bond donors (Lipinski definition) is 0. The molecule has 0 radical (unpaired) electrons. The van der Waals surface area contributed by atoms with Crippen molar-refractivity contribution in [1.82, 2.24) is 20.0 Å². The molecule has 3 rings (SSSR count). The first kappa shape index (κ1) is 15.5. The van der Waals surface area contributed by atoms with Gasteiger partial charge in [-0.05, 0) is 36.4 Å². The molecule has 0 aliphatic heterocycles. The van der Waals surface area contributed by atoms with E-state index < -0.39 is 0 Å². The van der Waals surface area contributed by atoms with Gasteiger partial charge < -0.3 is 9.47 Å². The second-order valence-electron chi connectivity index (χ2n) is 4.75. The summed E-state index contributed by atoms with van der Waals surface area (Å²) in [6.45, 7) is 1.03. The molecule has 2 aromatic heterocycles. The fourth-order valence-corrected chi connectivity index (χ4v) is 2.09. The van der Waals surface area contributed by atoms with Crippen LogP contribution in [0.15, 0.2) is 48.8 Å². The summed E-state index contributed by atoms with van der Waals surface area (Å²) in [5.74, 6) is 0.691. The third kappa shape index (κ3) is 3.85. The number of methoxy groups -OCH3 is 1. The van der Waals surface area contributed by atoms with Crippen molar-refractivity contribution in [2.45, 2.75) is 0 Å². The summed E-state index contributed by atoms with van der Waals surface area (Å²) < 4.78 is 12.1. The van der Waals surface area contributed by atoms with Crippen molar-refractivity contribution in [3.63, 3.8) is 0 Å². The Morgan fingerprint density at radius 2 is 1.87 bits per heavy atom. The average molecular weight is 331 g/mol. The Kier molecular flexibility index (Phi) is 4.85. The van der Waals surface area contributed by atoms with Gasteiger partial charge in [0.15, 0.2) is 0 Å². The number of pyridine rings is 1. The molecule has 0 spiro atoms. The summed E-state index contributed by atoms with van der Waals surface area (Å²) in [6.07, 6.45) is 3.48. The van der Waals surface area contributed by atoms with Crippen molar-refractivity contribution in [1.29, 1.82) is 0 Å². The lowest BCUT2D eigenvalue weighted by Gasteiger charge is -2.04. The molecule has 0 amide bonds. The number of ether oxygens (including phenoxy) is 2. The van der Waals surface area contributed by atoms with E-state index in [1.165, 1.54) is 0 Å². The molecule has 0 saturated heterocycles. The lowest BCUT2D eigenvalue weighted by atomic mass is 10.3. The SMILES string of the molecule is COCCOc1ccc(-c2cn(-c3ccc(Cl)cc3)nn2)nc1.